The number of anilines is 1. The standard InChI is InChI=1S/C24H27N3O4/c1-18(27-11-13-31-14-12-27)17-25-24(29)26-22-8-4-6-20(16-22)10-9-19-5-3-7-21(15-19)23(28)30-2/h3-8,15-16,18H,11-14,17H2,1-2H3,(H2,25,26,29). The highest BCUT2D eigenvalue weighted by molar-refractivity contribution is 5.90. The number of carbonyl (C=O) groups excluding carboxylic acids is 2. The van der Waals surface area contributed by atoms with Gasteiger partial charge in [0.2, 0.25) is 0 Å². The van der Waals surface area contributed by atoms with Gasteiger partial charge in [-0.3, -0.25) is 4.90 Å². The normalized spacial score (nSPS) is 14.6. The fourth-order valence-electron chi connectivity index (χ4n) is 3.22. The van der Waals surface area contributed by atoms with E-state index in [1.54, 1.807) is 18.2 Å². The second kappa shape index (κ2) is 11.2. The molecule has 2 aromatic rings. The Morgan fingerprint density at radius 3 is 2.48 bits per heavy atom. The predicted octanol–water partition coefficient (Wildman–Crippen LogP) is 2.72. The van der Waals surface area contributed by atoms with Crippen LogP contribution in [0.2, 0.25) is 0 Å². The first-order valence-corrected chi connectivity index (χ1v) is 10.2. The van der Waals surface area contributed by atoms with Crippen LogP contribution in [0.3, 0.4) is 0 Å². The smallest absolute Gasteiger partial charge is 0.337 e. The quantitative estimate of drug-likeness (QED) is 0.573. The Kier molecular flexibility index (Phi) is 8.05. The lowest BCUT2D eigenvalue weighted by molar-refractivity contribution is 0.0209. The maximum Gasteiger partial charge on any atom is 0.337 e. The zero-order chi connectivity index (χ0) is 22.1. The van der Waals surface area contributed by atoms with Crippen LogP contribution in [-0.2, 0) is 9.47 Å². The number of methoxy groups -OCH3 is 1. The first kappa shape index (κ1) is 22.3. The van der Waals surface area contributed by atoms with E-state index < -0.39 is 5.97 Å². The molecule has 2 amide bonds. The number of morpholine rings is 1. The first-order chi connectivity index (χ1) is 15.0. The maximum absolute atomic E-state index is 12.3. The van der Waals surface area contributed by atoms with E-state index in [9.17, 15) is 9.59 Å². The zero-order valence-corrected chi connectivity index (χ0v) is 17.8. The number of nitrogens with zero attached hydrogens (tertiary/aromatic N) is 1. The van der Waals surface area contributed by atoms with E-state index in [-0.39, 0.29) is 12.1 Å². The van der Waals surface area contributed by atoms with E-state index >= 15 is 0 Å². The van der Waals surface area contributed by atoms with Gasteiger partial charge in [0.25, 0.3) is 0 Å². The Morgan fingerprint density at radius 2 is 1.77 bits per heavy atom. The third-order valence-electron chi connectivity index (χ3n) is 4.98. The fraction of sp³-hybridized carbons (Fsp3) is 0.333. The molecule has 0 saturated carbocycles. The molecule has 0 radical (unpaired) electrons. The number of amides is 2. The Hall–Kier alpha value is -3.34. The van der Waals surface area contributed by atoms with E-state index in [1.165, 1.54) is 7.11 Å². The summed E-state index contributed by atoms with van der Waals surface area (Å²) in [5, 5.41) is 5.76. The molecule has 7 nitrogen and oxygen atoms in total. The average Bonchev–Trinajstić information content (AvgIpc) is 2.81. The molecule has 1 unspecified atom stereocenters. The second-order valence-corrected chi connectivity index (χ2v) is 7.24. The van der Waals surface area contributed by atoms with Gasteiger partial charge in [0.05, 0.1) is 25.9 Å². The first-order valence-electron chi connectivity index (χ1n) is 10.2. The van der Waals surface area contributed by atoms with Gasteiger partial charge in [-0.05, 0) is 43.3 Å². The summed E-state index contributed by atoms with van der Waals surface area (Å²) in [6.45, 7) is 5.88. The van der Waals surface area contributed by atoms with Crippen LogP contribution in [0.15, 0.2) is 48.5 Å². The Labute approximate surface area is 182 Å². The molecule has 162 valence electrons. The average molecular weight is 421 g/mol. The molecule has 2 N–H and O–H groups in total. The van der Waals surface area contributed by atoms with Crippen molar-refractivity contribution < 1.29 is 19.1 Å². The van der Waals surface area contributed by atoms with Gasteiger partial charge >= 0.3 is 12.0 Å². The number of esters is 1. The molecular weight excluding hydrogens is 394 g/mol. The van der Waals surface area contributed by atoms with E-state index in [0.717, 1.165) is 31.9 Å². The molecule has 1 aliphatic rings. The third kappa shape index (κ3) is 6.85. The summed E-state index contributed by atoms with van der Waals surface area (Å²) in [6, 6.07) is 14.3. The molecule has 31 heavy (non-hydrogen) atoms. The number of benzene rings is 2. The summed E-state index contributed by atoms with van der Waals surface area (Å²) in [4.78, 5) is 26.2. The van der Waals surface area contributed by atoms with Crippen LogP contribution in [0, 0.1) is 11.8 Å². The van der Waals surface area contributed by atoms with E-state index in [4.69, 9.17) is 9.47 Å². The van der Waals surface area contributed by atoms with E-state index in [0.29, 0.717) is 23.4 Å². The summed E-state index contributed by atoms with van der Waals surface area (Å²) in [5.41, 5.74) is 2.57. The lowest BCUT2D eigenvalue weighted by atomic mass is 10.1. The van der Waals surface area contributed by atoms with Crippen molar-refractivity contribution in [3.05, 3.63) is 65.2 Å². The number of carbonyl (C=O) groups is 2. The van der Waals surface area contributed by atoms with Crippen LogP contribution in [0.1, 0.15) is 28.4 Å². The highest BCUT2D eigenvalue weighted by Gasteiger charge is 2.17. The SMILES string of the molecule is COC(=O)c1cccc(C#Cc2cccc(NC(=O)NCC(C)N3CCOCC3)c2)c1. The molecule has 1 fully saturated rings. The second-order valence-electron chi connectivity index (χ2n) is 7.24. The van der Waals surface area contributed by atoms with Crippen LogP contribution < -0.4 is 10.6 Å². The van der Waals surface area contributed by atoms with Gasteiger partial charge < -0.3 is 20.1 Å². The van der Waals surface area contributed by atoms with Gasteiger partial charge in [-0.25, -0.2) is 9.59 Å². The van der Waals surface area contributed by atoms with Crippen molar-refractivity contribution in [3.8, 4) is 11.8 Å². The van der Waals surface area contributed by atoms with Crippen molar-refractivity contribution in [3.63, 3.8) is 0 Å². The summed E-state index contributed by atoms with van der Waals surface area (Å²) >= 11 is 0. The Bertz CT molecular complexity index is 974. The number of ether oxygens (including phenoxy) is 2. The molecule has 1 atom stereocenters. The topological polar surface area (TPSA) is 79.9 Å². The minimum absolute atomic E-state index is 0.243. The van der Waals surface area contributed by atoms with Gasteiger partial charge in [0, 0.05) is 42.5 Å². The van der Waals surface area contributed by atoms with Gasteiger partial charge in [-0.15, -0.1) is 0 Å². The molecular formula is C24H27N3O4. The summed E-state index contributed by atoms with van der Waals surface area (Å²) < 4.78 is 10.1. The molecule has 0 aromatic heterocycles. The molecule has 3 rings (SSSR count). The number of hydrogen-bond donors (Lipinski definition) is 2. The molecule has 1 saturated heterocycles. The molecule has 0 aliphatic carbocycles. The van der Waals surface area contributed by atoms with Gasteiger partial charge in [0.15, 0.2) is 0 Å². The summed E-state index contributed by atoms with van der Waals surface area (Å²) in [5.74, 6) is 5.70. The molecule has 7 heteroatoms. The monoisotopic (exact) mass is 421 g/mol. The molecule has 0 spiro atoms. The van der Waals surface area contributed by atoms with Crippen molar-refractivity contribution in [2.24, 2.45) is 0 Å². The summed E-state index contributed by atoms with van der Waals surface area (Å²) in [7, 11) is 1.35. The Morgan fingerprint density at radius 1 is 1.10 bits per heavy atom. The summed E-state index contributed by atoms with van der Waals surface area (Å²) in [6.07, 6.45) is 0. The van der Waals surface area contributed by atoms with Crippen LogP contribution in [-0.4, -0.2) is 62.9 Å². The molecule has 0 bridgehead atoms. The molecule has 1 heterocycles. The number of rotatable bonds is 5. The van der Waals surface area contributed by atoms with Crippen LogP contribution in [0.5, 0.6) is 0 Å². The van der Waals surface area contributed by atoms with Crippen LogP contribution in [0.25, 0.3) is 0 Å². The highest BCUT2D eigenvalue weighted by atomic mass is 16.5. The third-order valence-corrected chi connectivity index (χ3v) is 4.98. The molecule has 1 aliphatic heterocycles. The van der Waals surface area contributed by atoms with Crippen LogP contribution >= 0.6 is 0 Å². The minimum atomic E-state index is -0.399. The van der Waals surface area contributed by atoms with Gasteiger partial charge in [-0.1, -0.05) is 24.0 Å². The minimum Gasteiger partial charge on any atom is -0.465 e. The predicted molar refractivity (Wildman–Crippen MR) is 119 cm³/mol. The van der Waals surface area contributed by atoms with Crippen molar-refractivity contribution in [2.45, 2.75) is 13.0 Å². The van der Waals surface area contributed by atoms with Gasteiger partial charge in [0.1, 0.15) is 0 Å². The maximum atomic E-state index is 12.3. The zero-order valence-electron chi connectivity index (χ0n) is 17.8. The van der Waals surface area contributed by atoms with Crippen molar-refractivity contribution in [1.29, 1.82) is 0 Å². The number of nitrogens with one attached hydrogen (secondary N) is 2. The van der Waals surface area contributed by atoms with E-state index in [2.05, 4.69) is 34.3 Å². The number of hydrogen-bond acceptors (Lipinski definition) is 5. The van der Waals surface area contributed by atoms with E-state index in [1.807, 2.05) is 30.3 Å². The lowest BCUT2D eigenvalue weighted by Gasteiger charge is -2.32. The largest absolute Gasteiger partial charge is 0.465 e. The Balaban J connectivity index is 1.56. The van der Waals surface area contributed by atoms with Crippen molar-refractivity contribution in [2.75, 3.05) is 45.3 Å². The molecule has 2 aromatic carbocycles. The highest BCUT2D eigenvalue weighted by Crippen LogP contribution is 2.11. The number of urea groups is 1. The fourth-order valence-corrected chi connectivity index (χ4v) is 3.22. The van der Waals surface area contributed by atoms with Crippen molar-refractivity contribution >= 4 is 17.7 Å². The lowest BCUT2D eigenvalue weighted by Crippen LogP contribution is -2.47. The van der Waals surface area contributed by atoms with Crippen LogP contribution in [0.4, 0.5) is 10.5 Å². The van der Waals surface area contributed by atoms with Crippen molar-refractivity contribution in [1.82, 2.24) is 10.2 Å². The van der Waals surface area contributed by atoms with Gasteiger partial charge in [-0.2, -0.15) is 0 Å².